The minimum Gasteiger partial charge on any atom is -0.454 e. The zero-order chi connectivity index (χ0) is 15.0. The molecular formula is C14H10ClIN2O3. The molecule has 1 amide bonds. The van der Waals surface area contributed by atoms with Crippen LogP contribution < -0.4 is 20.5 Å². The molecule has 108 valence electrons. The van der Waals surface area contributed by atoms with Gasteiger partial charge in [0.1, 0.15) is 0 Å². The molecule has 5 nitrogen and oxygen atoms in total. The molecule has 1 aliphatic heterocycles. The van der Waals surface area contributed by atoms with Gasteiger partial charge in [-0.2, -0.15) is 0 Å². The molecule has 2 aromatic carbocycles. The maximum atomic E-state index is 12.3. The van der Waals surface area contributed by atoms with Crippen molar-refractivity contribution in [3.63, 3.8) is 0 Å². The fourth-order valence-corrected chi connectivity index (χ4v) is 2.94. The van der Waals surface area contributed by atoms with Crippen molar-refractivity contribution in [1.29, 1.82) is 0 Å². The van der Waals surface area contributed by atoms with Crippen LogP contribution >= 0.6 is 34.2 Å². The summed E-state index contributed by atoms with van der Waals surface area (Å²) in [7, 11) is 0. The molecule has 3 N–H and O–H groups in total. The second-order valence-corrected chi connectivity index (χ2v) is 5.97. The summed E-state index contributed by atoms with van der Waals surface area (Å²) < 4.78 is 11.3. The zero-order valence-corrected chi connectivity index (χ0v) is 13.6. The summed E-state index contributed by atoms with van der Waals surface area (Å²) in [5.74, 6) is 0.747. The Kier molecular flexibility index (Phi) is 3.81. The Bertz CT molecular complexity index is 736. The van der Waals surface area contributed by atoms with Crippen molar-refractivity contribution in [2.45, 2.75) is 0 Å². The molecule has 0 saturated heterocycles. The number of rotatable bonds is 2. The Morgan fingerprint density at radius 3 is 2.67 bits per heavy atom. The molecule has 0 radical (unpaired) electrons. The highest BCUT2D eigenvalue weighted by Crippen LogP contribution is 2.36. The minimum atomic E-state index is -0.314. The third-order valence-electron chi connectivity index (χ3n) is 2.97. The largest absolute Gasteiger partial charge is 0.454 e. The predicted octanol–water partition coefficient (Wildman–Crippen LogP) is 3.51. The standard InChI is InChI=1S/C14H10ClIN2O3/c15-7-1-2-11(9(16)3-7)18-14(19)8-4-12-13(5-10(8)17)21-6-20-12/h1-5H,6,17H2,(H,18,19). The Morgan fingerprint density at radius 2 is 1.95 bits per heavy atom. The van der Waals surface area contributed by atoms with Crippen LogP contribution in [0.1, 0.15) is 10.4 Å². The maximum Gasteiger partial charge on any atom is 0.257 e. The number of nitrogen functional groups attached to an aromatic ring is 1. The highest BCUT2D eigenvalue weighted by Gasteiger charge is 2.20. The molecule has 7 heteroatoms. The van der Waals surface area contributed by atoms with Crippen LogP contribution in [0.5, 0.6) is 11.5 Å². The summed E-state index contributed by atoms with van der Waals surface area (Å²) in [5.41, 5.74) is 7.23. The number of amides is 1. The first-order valence-corrected chi connectivity index (χ1v) is 7.46. The molecule has 1 aliphatic rings. The van der Waals surface area contributed by atoms with E-state index in [1.807, 2.05) is 0 Å². The molecule has 21 heavy (non-hydrogen) atoms. The number of carbonyl (C=O) groups is 1. The van der Waals surface area contributed by atoms with E-state index in [1.165, 1.54) is 0 Å². The predicted molar refractivity (Wildman–Crippen MR) is 89.1 cm³/mol. The van der Waals surface area contributed by atoms with Crippen LogP contribution in [0.3, 0.4) is 0 Å². The average molecular weight is 417 g/mol. The molecule has 0 spiro atoms. The Morgan fingerprint density at radius 1 is 1.24 bits per heavy atom. The number of anilines is 2. The number of hydrogen-bond acceptors (Lipinski definition) is 4. The normalized spacial score (nSPS) is 12.3. The Labute approximate surface area is 139 Å². The topological polar surface area (TPSA) is 73.6 Å². The number of benzene rings is 2. The number of hydrogen-bond donors (Lipinski definition) is 2. The van der Waals surface area contributed by atoms with Crippen LogP contribution in [-0.4, -0.2) is 12.7 Å². The number of halogens is 2. The third-order valence-corrected chi connectivity index (χ3v) is 4.10. The van der Waals surface area contributed by atoms with Gasteiger partial charge in [-0.15, -0.1) is 0 Å². The fourth-order valence-electron chi connectivity index (χ4n) is 1.93. The first-order chi connectivity index (χ1) is 10.0. The minimum absolute atomic E-state index is 0.134. The van der Waals surface area contributed by atoms with E-state index in [4.69, 9.17) is 26.8 Å². The van der Waals surface area contributed by atoms with Gasteiger partial charge in [0.2, 0.25) is 6.79 Å². The first-order valence-electron chi connectivity index (χ1n) is 6.00. The molecule has 0 saturated carbocycles. The smallest absolute Gasteiger partial charge is 0.257 e. The van der Waals surface area contributed by atoms with E-state index in [0.29, 0.717) is 33.5 Å². The lowest BCUT2D eigenvalue weighted by Crippen LogP contribution is -2.14. The fraction of sp³-hybridized carbons (Fsp3) is 0.0714. The van der Waals surface area contributed by atoms with Crippen LogP contribution in [0.15, 0.2) is 30.3 Å². The Balaban J connectivity index is 1.89. The Hall–Kier alpha value is -1.67. The van der Waals surface area contributed by atoms with Crippen molar-refractivity contribution >= 4 is 51.5 Å². The second-order valence-electron chi connectivity index (χ2n) is 4.37. The summed E-state index contributed by atoms with van der Waals surface area (Å²) in [6.07, 6.45) is 0. The summed E-state index contributed by atoms with van der Waals surface area (Å²) >= 11 is 7.99. The molecule has 0 aliphatic carbocycles. The molecule has 0 bridgehead atoms. The van der Waals surface area contributed by atoms with E-state index in [1.54, 1.807) is 30.3 Å². The van der Waals surface area contributed by atoms with Crippen LogP contribution in [-0.2, 0) is 0 Å². The van der Waals surface area contributed by atoms with Gasteiger partial charge in [0.15, 0.2) is 11.5 Å². The van der Waals surface area contributed by atoms with Gasteiger partial charge in [-0.3, -0.25) is 4.79 Å². The number of fused-ring (bicyclic) bond motifs is 1. The van der Waals surface area contributed by atoms with Crippen LogP contribution in [0.2, 0.25) is 5.02 Å². The molecule has 0 unspecified atom stereocenters. The SMILES string of the molecule is Nc1cc2c(cc1C(=O)Nc1ccc(Cl)cc1I)OCO2. The molecular weight excluding hydrogens is 407 g/mol. The van der Waals surface area contributed by atoms with E-state index < -0.39 is 0 Å². The summed E-state index contributed by atoms with van der Waals surface area (Å²) in [6.45, 7) is 0.134. The number of ether oxygens (including phenoxy) is 2. The van der Waals surface area contributed by atoms with Crippen molar-refractivity contribution in [1.82, 2.24) is 0 Å². The van der Waals surface area contributed by atoms with Gasteiger partial charge in [-0.1, -0.05) is 11.6 Å². The maximum absolute atomic E-state index is 12.3. The van der Waals surface area contributed by atoms with E-state index in [9.17, 15) is 4.79 Å². The lowest BCUT2D eigenvalue weighted by atomic mass is 10.1. The molecule has 2 aromatic rings. The summed E-state index contributed by atoms with van der Waals surface area (Å²) in [4.78, 5) is 12.3. The lowest BCUT2D eigenvalue weighted by Gasteiger charge is -2.10. The van der Waals surface area contributed by atoms with Crippen molar-refractivity contribution < 1.29 is 14.3 Å². The van der Waals surface area contributed by atoms with E-state index in [-0.39, 0.29) is 12.7 Å². The highest BCUT2D eigenvalue weighted by molar-refractivity contribution is 14.1. The van der Waals surface area contributed by atoms with Crippen LogP contribution in [0.4, 0.5) is 11.4 Å². The monoisotopic (exact) mass is 416 g/mol. The van der Waals surface area contributed by atoms with Gasteiger partial charge in [0.25, 0.3) is 5.91 Å². The van der Waals surface area contributed by atoms with Gasteiger partial charge in [-0.05, 0) is 46.9 Å². The van der Waals surface area contributed by atoms with Crippen molar-refractivity contribution in [3.05, 3.63) is 44.5 Å². The third kappa shape index (κ3) is 2.86. The quantitative estimate of drug-likeness (QED) is 0.580. The molecule has 0 atom stereocenters. The molecule has 3 rings (SSSR count). The van der Waals surface area contributed by atoms with Crippen molar-refractivity contribution in [2.24, 2.45) is 0 Å². The van der Waals surface area contributed by atoms with Gasteiger partial charge in [-0.25, -0.2) is 0 Å². The molecule has 0 fully saturated rings. The van der Waals surface area contributed by atoms with Crippen LogP contribution in [0, 0.1) is 3.57 Å². The van der Waals surface area contributed by atoms with Gasteiger partial charge < -0.3 is 20.5 Å². The van der Waals surface area contributed by atoms with Crippen molar-refractivity contribution in [3.8, 4) is 11.5 Å². The van der Waals surface area contributed by atoms with Gasteiger partial charge >= 0.3 is 0 Å². The van der Waals surface area contributed by atoms with Crippen molar-refractivity contribution in [2.75, 3.05) is 17.8 Å². The lowest BCUT2D eigenvalue weighted by molar-refractivity contribution is 0.102. The number of carbonyl (C=O) groups excluding carboxylic acids is 1. The average Bonchev–Trinajstić information content (AvgIpc) is 2.88. The van der Waals surface area contributed by atoms with E-state index in [0.717, 1.165) is 3.57 Å². The van der Waals surface area contributed by atoms with Gasteiger partial charge in [0, 0.05) is 20.3 Å². The van der Waals surface area contributed by atoms with E-state index >= 15 is 0 Å². The summed E-state index contributed by atoms with van der Waals surface area (Å²) in [6, 6.07) is 8.38. The molecule has 1 heterocycles. The molecule has 0 aromatic heterocycles. The van der Waals surface area contributed by atoms with Crippen LogP contribution in [0.25, 0.3) is 0 Å². The summed E-state index contributed by atoms with van der Waals surface area (Å²) in [5, 5.41) is 3.42. The highest BCUT2D eigenvalue weighted by atomic mass is 127. The van der Waals surface area contributed by atoms with Gasteiger partial charge in [0.05, 0.1) is 11.3 Å². The number of nitrogens with one attached hydrogen (secondary N) is 1. The van der Waals surface area contributed by atoms with E-state index in [2.05, 4.69) is 27.9 Å². The first kappa shape index (κ1) is 14.3. The zero-order valence-electron chi connectivity index (χ0n) is 10.7. The number of nitrogens with two attached hydrogens (primary N) is 1. The second kappa shape index (κ2) is 5.61.